The number of hydrogen-bond donors (Lipinski definition) is 0. The van der Waals surface area contributed by atoms with Gasteiger partial charge in [0.15, 0.2) is 0 Å². The molecule has 2 aromatic heterocycles. The third-order valence-electron chi connectivity index (χ3n) is 18.9. The van der Waals surface area contributed by atoms with Crippen LogP contribution in [0.15, 0.2) is 340 Å². The van der Waals surface area contributed by atoms with Crippen LogP contribution in [0.2, 0.25) is 0 Å². The molecule has 4 nitrogen and oxygen atoms in total. The van der Waals surface area contributed by atoms with Crippen molar-refractivity contribution in [1.29, 1.82) is 0 Å². The lowest BCUT2D eigenvalue weighted by molar-refractivity contribution is 0.959. The third kappa shape index (κ3) is 10.2. The summed E-state index contributed by atoms with van der Waals surface area (Å²) in [7, 11) is 4.21. The van der Waals surface area contributed by atoms with E-state index in [0.29, 0.717) is 0 Å². The third-order valence-corrected chi connectivity index (χ3v) is 18.9. The Morgan fingerprint density at radius 3 is 0.840 bits per heavy atom. The summed E-state index contributed by atoms with van der Waals surface area (Å²) in [5, 5.41) is 4.69. The summed E-state index contributed by atoms with van der Waals surface area (Å²) in [5.74, 6) is 1.91. The van der Waals surface area contributed by atoms with Gasteiger partial charge in [0.05, 0.1) is 22.1 Å². The number of imidazole rings is 2. The fourth-order valence-electron chi connectivity index (χ4n) is 14.1. The van der Waals surface area contributed by atoms with Crippen molar-refractivity contribution in [2.24, 2.45) is 14.1 Å². The van der Waals surface area contributed by atoms with E-state index >= 15 is 0 Å². The van der Waals surface area contributed by atoms with Crippen LogP contribution in [-0.4, -0.2) is 19.1 Å². The van der Waals surface area contributed by atoms with E-state index in [4.69, 9.17) is 9.97 Å². The second-order valence-electron chi connectivity index (χ2n) is 24.6. The Morgan fingerprint density at radius 1 is 0.181 bits per heavy atom. The molecule has 2 heterocycles. The number of aryl methyl sites for hydroxylation is 2. The van der Waals surface area contributed by atoms with Crippen LogP contribution < -0.4 is 0 Å². The van der Waals surface area contributed by atoms with Crippen molar-refractivity contribution in [3.63, 3.8) is 0 Å². The van der Waals surface area contributed by atoms with Crippen LogP contribution in [0.1, 0.15) is 0 Å². The number of nitrogens with zero attached hydrogens (tertiary/aromatic N) is 4. The van der Waals surface area contributed by atoms with Crippen molar-refractivity contribution in [3.8, 4) is 134 Å². The molecule has 0 fully saturated rings. The normalized spacial score (nSPS) is 11.5. The van der Waals surface area contributed by atoms with E-state index in [1.165, 1.54) is 54.9 Å². The molecule has 0 aliphatic carbocycles. The van der Waals surface area contributed by atoms with Crippen LogP contribution in [0.5, 0.6) is 0 Å². The molecule has 0 amide bonds. The van der Waals surface area contributed by atoms with Crippen LogP contribution in [0.4, 0.5) is 0 Å². The van der Waals surface area contributed by atoms with Gasteiger partial charge in [-0.15, -0.1) is 0 Å². The first-order valence-corrected chi connectivity index (χ1v) is 32.2. The fourth-order valence-corrected chi connectivity index (χ4v) is 14.1. The Hall–Kier alpha value is -12.2. The second kappa shape index (κ2) is 23.5. The van der Waals surface area contributed by atoms with Crippen molar-refractivity contribution in [2.45, 2.75) is 0 Å². The average molecular weight is 1200 g/mol. The highest BCUT2D eigenvalue weighted by Crippen LogP contribution is 2.49. The molecular formula is C90H62N4. The van der Waals surface area contributed by atoms with Crippen molar-refractivity contribution in [2.75, 3.05) is 0 Å². The zero-order chi connectivity index (χ0) is 62.6. The van der Waals surface area contributed by atoms with Gasteiger partial charge in [-0.3, -0.25) is 0 Å². The number of benzene rings is 15. The van der Waals surface area contributed by atoms with Gasteiger partial charge in [-0.2, -0.15) is 0 Å². The summed E-state index contributed by atoms with van der Waals surface area (Å²) in [6.07, 6.45) is 0. The van der Waals surface area contributed by atoms with E-state index in [9.17, 15) is 0 Å². The minimum absolute atomic E-state index is 0.957. The lowest BCUT2D eigenvalue weighted by Gasteiger charge is -2.22. The molecule has 0 radical (unpaired) electrons. The summed E-state index contributed by atoms with van der Waals surface area (Å²) >= 11 is 0. The molecule has 0 aliphatic rings. The maximum absolute atomic E-state index is 5.14. The van der Waals surface area contributed by atoms with Crippen LogP contribution in [0, 0.1) is 0 Å². The Kier molecular flexibility index (Phi) is 14.0. The SMILES string of the molecule is Cn1c(-c2ccccc2)nc2cc(-c3ccc(-c4ccc5c(-c6cc(-c7ccccc7)cc(-c7ccccc7)c6)c6cc(-c7ccc(-c8ccc9nc(-c%10ccccc%10)n(C)c9c8)cc7)ccc6c(-c6cc(-c7ccccc7)cc(-c7ccccc7)c6)c5c4)cc3)ccc21. The lowest BCUT2D eigenvalue weighted by Crippen LogP contribution is -1.95. The van der Waals surface area contributed by atoms with Crippen molar-refractivity contribution < 1.29 is 0 Å². The average Bonchev–Trinajstić information content (AvgIpc) is 1.01. The molecule has 15 aromatic carbocycles. The molecule has 0 saturated heterocycles. The van der Waals surface area contributed by atoms with Gasteiger partial charge in [-0.1, -0.05) is 267 Å². The Labute approximate surface area is 547 Å². The largest absolute Gasteiger partial charge is 0.327 e. The van der Waals surface area contributed by atoms with Crippen LogP contribution in [-0.2, 0) is 14.1 Å². The molecule has 17 aromatic rings. The van der Waals surface area contributed by atoms with Gasteiger partial charge < -0.3 is 9.13 Å². The molecule has 442 valence electrons. The minimum Gasteiger partial charge on any atom is -0.327 e. The molecule has 0 spiro atoms. The molecule has 4 heteroatoms. The smallest absolute Gasteiger partial charge is 0.140 e. The van der Waals surface area contributed by atoms with E-state index in [-0.39, 0.29) is 0 Å². The summed E-state index contributed by atoms with van der Waals surface area (Å²) in [4.78, 5) is 10.2. The summed E-state index contributed by atoms with van der Waals surface area (Å²) in [5.41, 5.74) is 29.5. The van der Waals surface area contributed by atoms with Crippen LogP contribution >= 0.6 is 0 Å². The second-order valence-corrected chi connectivity index (χ2v) is 24.6. The quantitative estimate of drug-likeness (QED) is 0.114. The Bertz CT molecular complexity index is 5560. The predicted molar refractivity (Wildman–Crippen MR) is 395 cm³/mol. The summed E-state index contributed by atoms with van der Waals surface area (Å²) in [6, 6.07) is 124. The first kappa shape index (κ1) is 55.8. The molecular weight excluding hydrogens is 1140 g/mol. The molecule has 0 bridgehead atoms. The van der Waals surface area contributed by atoms with Crippen LogP contribution in [0.3, 0.4) is 0 Å². The van der Waals surface area contributed by atoms with E-state index in [0.717, 1.165) is 123 Å². The van der Waals surface area contributed by atoms with E-state index in [1.807, 2.05) is 12.1 Å². The van der Waals surface area contributed by atoms with Crippen molar-refractivity contribution in [3.05, 3.63) is 340 Å². The van der Waals surface area contributed by atoms with E-state index in [1.54, 1.807) is 0 Å². The topological polar surface area (TPSA) is 35.6 Å². The number of hydrogen-bond acceptors (Lipinski definition) is 2. The van der Waals surface area contributed by atoms with Crippen molar-refractivity contribution in [1.82, 2.24) is 19.1 Å². The van der Waals surface area contributed by atoms with Gasteiger partial charge in [0, 0.05) is 25.2 Å². The molecule has 0 unspecified atom stereocenters. The number of rotatable bonds is 12. The predicted octanol–water partition coefficient (Wildman–Crippen LogP) is 23.8. The fraction of sp³-hybridized carbons (Fsp3) is 0.0222. The molecule has 94 heavy (non-hydrogen) atoms. The number of fused-ring (bicyclic) bond motifs is 4. The van der Waals surface area contributed by atoms with Gasteiger partial charge in [0.1, 0.15) is 11.6 Å². The summed E-state index contributed by atoms with van der Waals surface area (Å²) in [6.45, 7) is 0. The van der Waals surface area contributed by atoms with Gasteiger partial charge in [0.2, 0.25) is 0 Å². The molecule has 0 N–H and O–H groups in total. The van der Waals surface area contributed by atoms with Gasteiger partial charge >= 0.3 is 0 Å². The van der Waals surface area contributed by atoms with Gasteiger partial charge in [0.25, 0.3) is 0 Å². The zero-order valence-electron chi connectivity index (χ0n) is 52.1. The highest BCUT2D eigenvalue weighted by Gasteiger charge is 2.23. The van der Waals surface area contributed by atoms with Gasteiger partial charge in [-0.25, -0.2) is 9.97 Å². The van der Waals surface area contributed by atoms with E-state index < -0.39 is 0 Å². The zero-order valence-corrected chi connectivity index (χ0v) is 52.1. The standard InChI is InChI=1S/C90H62N4/c1-93-85-48-44-71(57-84(85)92-90(93)68-31-19-8-20-32-68)65-37-33-63(34-38-65)69-41-45-79-81(55-69)87(77-51-73(59-21-9-3-10-22-59)49-74(52-77)60-23-11-4-12-24-60)80-46-42-70(56-82(80)88(79)78-53-75(61-25-13-5-14-26-61)50-76(54-78)62-27-15-6-16-28-62)64-35-39-66(40-36-64)72-43-47-83-86(58-72)94(2)89(91-83)67-29-17-7-18-30-67/h3-58H,1-2H3. The number of aromatic nitrogens is 4. The summed E-state index contributed by atoms with van der Waals surface area (Å²) < 4.78 is 4.39. The van der Waals surface area contributed by atoms with Crippen LogP contribution in [0.25, 0.3) is 178 Å². The first-order chi connectivity index (χ1) is 46.4. The lowest BCUT2D eigenvalue weighted by atomic mass is 9.81. The Morgan fingerprint density at radius 2 is 0.457 bits per heavy atom. The molecule has 0 atom stereocenters. The molecule has 0 aliphatic heterocycles. The maximum atomic E-state index is 5.14. The molecule has 17 rings (SSSR count). The molecule has 0 saturated carbocycles. The first-order valence-electron chi connectivity index (χ1n) is 32.2. The highest BCUT2D eigenvalue weighted by atomic mass is 15.1. The maximum Gasteiger partial charge on any atom is 0.140 e. The minimum atomic E-state index is 0.957. The van der Waals surface area contributed by atoms with E-state index in [2.05, 4.69) is 351 Å². The van der Waals surface area contributed by atoms with Crippen molar-refractivity contribution >= 4 is 43.6 Å². The van der Waals surface area contributed by atoms with Gasteiger partial charge in [-0.05, 0) is 206 Å². The highest BCUT2D eigenvalue weighted by molar-refractivity contribution is 6.23. The Balaban J connectivity index is 0.879. The monoisotopic (exact) mass is 1200 g/mol.